The first kappa shape index (κ1) is 23.0. The predicted octanol–water partition coefficient (Wildman–Crippen LogP) is 3.54. The molecule has 6 heteroatoms. The van der Waals surface area contributed by atoms with Gasteiger partial charge in [-0.05, 0) is 75.1 Å². The Balaban J connectivity index is 2.14. The molecule has 0 aliphatic carbocycles. The molecule has 0 saturated heterocycles. The number of amides is 2. The van der Waals surface area contributed by atoms with Gasteiger partial charge in [-0.15, -0.1) is 0 Å². The second-order valence-corrected chi connectivity index (χ2v) is 7.62. The smallest absolute Gasteiger partial charge is 0.312 e. The molecule has 0 radical (unpaired) electrons. The van der Waals surface area contributed by atoms with Gasteiger partial charge < -0.3 is 15.0 Å². The highest BCUT2D eigenvalue weighted by molar-refractivity contribution is 6.35. The Morgan fingerprint density at radius 2 is 1.70 bits per heavy atom. The molecule has 0 bridgehead atoms. The second kappa shape index (κ2) is 10.4. The molecule has 1 N–H and O–H groups in total. The van der Waals surface area contributed by atoms with Crippen molar-refractivity contribution >= 4 is 11.8 Å². The van der Waals surface area contributed by atoms with E-state index in [4.69, 9.17) is 10.00 Å². The van der Waals surface area contributed by atoms with Crippen molar-refractivity contribution < 1.29 is 14.3 Å². The minimum absolute atomic E-state index is 0.0513. The highest BCUT2D eigenvalue weighted by Gasteiger charge is 2.26. The van der Waals surface area contributed by atoms with Crippen LogP contribution in [0.4, 0.5) is 0 Å². The summed E-state index contributed by atoms with van der Waals surface area (Å²) in [5.74, 6) is -0.395. The first-order valence-electron chi connectivity index (χ1n) is 10.1. The first-order valence-corrected chi connectivity index (χ1v) is 10.1. The summed E-state index contributed by atoms with van der Waals surface area (Å²) >= 11 is 0. The molecule has 2 rings (SSSR count). The third-order valence-electron chi connectivity index (χ3n) is 4.86. The van der Waals surface area contributed by atoms with E-state index in [1.165, 1.54) is 0 Å². The zero-order valence-corrected chi connectivity index (χ0v) is 18.2. The van der Waals surface area contributed by atoms with Crippen LogP contribution in [0.15, 0.2) is 42.5 Å². The first-order chi connectivity index (χ1) is 14.3. The van der Waals surface area contributed by atoms with Gasteiger partial charge in [-0.3, -0.25) is 9.59 Å². The minimum Gasteiger partial charge on any atom is -0.497 e. The molecule has 0 saturated carbocycles. The Kier molecular flexibility index (Phi) is 7.99. The average Bonchev–Trinajstić information content (AvgIpc) is 2.73. The number of nitrogens with zero attached hydrogens (tertiary/aromatic N) is 2. The number of methoxy groups -OCH3 is 1. The van der Waals surface area contributed by atoms with Crippen LogP contribution in [0.25, 0.3) is 11.1 Å². The normalized spacial score (nSPS) is 10.6. The van der Waals surface area contributed by atoms with Crippen LogP contribution >= 0.6 is 0 Å². The molecule has 2 aromatic carbocycles. The fourth-order valence-electron chi connectivity index (χ4n) is 3.48. The summed E-state index contributed by atoms with van der Waals surface area (Å²) in [4.78, 5) is 26.4. The molecule has 0 aliphatic rings. The lowest BCUT2D eigenvalue weighted by Gasteiger charge is -2.30. The number of nitriles is 1. The number of hydrogen-bond acceptors (Lipinski definition) is 4. The fraction of sp³-hybridized carbons (Fsp3) is 0.375. The largest absolute Gasteiger partial charge is 0.497 e. The molecular formula is C24H29N3O3. The van der Waals surface area contributed by atoms with Crippen LogP contribution in [0.3, 0.4) is 0 Å². The summed E-state index contributed by atoms with van der Waals surface area (Å²) in [5.41, 5.74) is 3.54. The van der Waals surface area contributed by atoms with Crippen molar-refractivity contribution in [3.63, 3.8) is 0 Å². The van der Waals surface area contributed by atoms with Crippen molar-refractivity contribution in [1.82, 2.24) is 10.2 Å². The van der Waals surface area contributed by atoms with Crippen LogP contribution in [-0.2, 0) is 16.0 Å². The molecule has 0 aliphatic heterocycles. The van der Waals surface area contributed by atoms with Gasteiger partial charge in [0.25, 0.3) is 0 Å². The van der Waals surface area contributed by atoms with E-state index in [1.807, 2.05) is 58.0 Å². The third-order valence-corrected chi connectivity index (χ3v) is 4.86. The number of carbonyl (C=O) groups excluding carboxylic acids is 2. The summed E-state index contributed by atoms with van der Waals surface area (Å²) in [7, 11) is 1.60. The lowest BCUT2D eigenvalue weighted by molar-refractivity contribution is -0.148. The van der Waals surface area contributed by atoms with E-state index in [0.717, 1.165) is 22.4 Å². The molecule has 0 aromatic heterocycles. The van der Waals surface area contributed by atoms with E-state index in [1.54, 1.807) is 24.1 Å². The van der Waals surface area contributed by atoms with Crippen molar-refractivity contribution in [3.8, 4) is 22.9 Å². The van der Waals surface area contributed by atoms with E-state index in [0.29, 0.717) is 18.5 Å². The molecule has 6 nitrogen and oxygen atoms in total. The number of nitrogens with one attached hydrogen (secondary N) is 1. The van der Waals surface area contributed by atoms with E-state index < -0.39 is 11.8 Å². The van der Waals surface area contributed by atoms with E-state index in [2.05, 4.69) is 11.4 Å². The lowest BCUT2D eigenvalue weighted by atomic mass is 9.96. The SMILES string of the molecule is COc1ccc(-c2ccc(C#N)cc2)c(CCNC(=O)C(=O)N(C(C)C)C(C)C)c1. The van der Waals surface area contributed by atoms with Crippen LogP contribution in [0.1, 0.15) is 38.8 Å². The van der Waals surface area contributed by atoms with Crippen molar-refractivity contribution in [2.24, 2.45) is 0 Å². The molecule has 2 aromatic rings. The summed E-state index contributed by atoms with van der Waals surface area (Å²) in [6, 6.07) is 15.1. The molecule has 30 heavy (non-hydrogen) atoms. The molecule has 2 amide bonds. The van der Waals surface area contributed by atoms with E-state index >= 15 is 0 Å². The quantitative estimate of drug-likeness (QED) is 0.712. The van der Waals surface area contributed by atoms with Gasteiger partial charge in [-0.25, -0.2) is 0 Å². The zero-order chi connectivity index (χ0) is 22.3. The summed E-state index contributed by atoms with van der Waals surface area (Å²) in [6.07, 6.45) is 0.537. The van der Waals surface area contributed by atoms with Crippen molar-refractivity contribution in [2.75, 3.05) is 13.7 Å². The van der Waals surface area contributed by atoms with Gasteiger partial charge in [0, 0.05) is 18.6 Å². The van der Waals surface area contributed by atoms with Crippen molar-refractivity contribution in [2.45, 2.75) is 46.2 Å². The minimum atomic E-state index is -0.597. The van der Waals surface area contributed by atoms with Crippen LogP contribution in [0, 0.1) is 11.3 Å². The summed E-state index contributed by atoms with van der Waals surface area (Å²) in [5, 5.41) is 11.7. The zero-order valence-electron chi connectivity index (χ0n) is 18.2. The van der Waals surface area contributed by atoms with Gasteiger partial charge in [0.15, 0.2) is 0 Å². The maximum absolute atomic E-state index is 12.5. The highest BCUT2D eigenvalue weighted by atomic mass is 16.5. The molecule has 0 spiro atoms. The van der Waals surface area contributed by atoms with Gasteiger partial charge in [-0.2, -0.15) is 5.26 Å². The number of hydrogen-bond donors (Lipinski definition) is 1. The number of benzene rings is 2. The Morgan fingerprint density at radius 3 is 2.23 bits per heavy atom. The summed E-state index contributed by atoms with van der Waals surface area (Å²) < 4.78 is 5.34. The molecule has 0 unspecified atom stereocenters. The topological polar surface area (TPSA) is 82.4 Å². The average molecular weight is 408 g/mol. The second-order valence-electron chi connectivity index (χ2n) is 7.62. The van der Waals surface area contributed by atoms with E-state index in [9.17, 15) is 9.59 Å². The van der Waals surface area contributed by atoms with Gasteiger partial charge in [-0.1, -0.05) is 18.2 Å². The molecule has 0 atom stereocenters. The van der Waals surface area contributed by atoms with Gasteiger partial charge in [0.1, 0.15) is 5.75 Å². The van der Waals surface area contributed by atoms with Gasteiger partial charge >= 0.3 is 11.8 Å². The van der Waals surface area contributed by atoms with Crippen LogP contribution < -0.4 is 10.1 Å². The van der Waals surface area contributed by atoms with Gasteiger partial charge in [0.2, 0.25) is 0 Å². The maximum Gasteiger partial charge on any atom is 0.312 e. The number of ether oxygens (including phenoxy) is 1. The summed E-state index contributed by atoms with van der Waals surface area (Å²) in [6.45, 7) is 7.90. The van der Waals surface area contributed by atoms with Crippen LogP contribution in [-0.4, -0.2) is 42.5 Å². The molecule has 0 heterocycles. The molecular weight excluding hydrogens is 378 g/mol. The van der Waals surface area contributed by atoms with Crippen molar-refractivity contribution in [1.29, 1.82) is 5.26 Å². The Morgan fingerprint density at radius 1 is 1.07 bits per heavy atom. The number of rotatable bonds is 7. The predicted molar refractivity (Wildman–Crippen MR) is 117 cm³/mol. The Labute approximate surface area is 178 Å². The third kappa shape index (κ3) is 5.60. The molecule has 0 fully saturated rings. The van der Waals surface area contributed by atoms with Crippen LogP contribution in [0.5, 0.6) is 5.75 Å². The van der Waals surface area contributed by atoms with E-state index in [-0.39, 0.29) is 12.1 Å². The molecule has 158 valence electrons. The monoisotopic (exact) mass is 407 g/mol. The Bertz CT molecular complexity index is 920. The fourth-order valence-corrected chi connectivity index (χ4v) is 3.48. The van der Waals surface area contributed by atoms with Crippen LogP contribution in [0.2, 0.25) is 0 Å². The lowest BCUT2D eigenvalue weighted by Crippen LogP contribution is -2.49. The Hall–Kier alpha value is -3.33. The standard InChI is InChI=1S/C24H29N3O3/c1-16(2)27(17(3)4)24(29)23(28)26-13-12-20-14-21(30-5)10-11-22(20)19-8-6-18(15-25)7-9-19/h6-11,14,16-17H,12-13H2,1-5H3,(H,26,28). The highest BCUT2D eigenvalue weighted by Crippen LogP contribution is 2.28. The van der Waals surface area contributed by atoms with Gasteiger partial charge in [0.05, 0.1) is 18.7 Å². The van der Waals surface area contributed by atoms with Crippen molar-refractivity contribution in [3.05, 3.63) is 53.6 Å². The number of carbonyl (C=O) groups is 2. The maximum atomic E-state index is 12.5.